The zero-order valence-electron chi connectivity index (χ0n) is 17.1. The second kappa shape index (κ2) is 9.74. The van der Waals surface area contributed by atoms with Crippen LogP contribution in [0.3, 0.4) is 0 Å². The highest BCUT2D eigenvalue weighted by Gasteiger charge is 2.29. The largest absolute Gasteiger partial charge is 0.489 e. The number of fused-ring (bicyclic) bond motifs is 1. The van der Waals surface area contributed by atoms with Crippen LogP contribution in [0.25, 0.3) is 0 Å². The van der Waals surface area contributed by atoms with Crippen molar-refractivity contribution in [3.8, 4) is 5.75 Å². The van der Waals surface area contributed by atoms with E-state index in [2.05, 4.69) is 15.6 Å². The van der Waals surface area contributed by atoms with Crippen LogP contribution in [-0.2, 0) is 9.53 Å². The summed E-state index contributed by atoms with van der Waals surface area (Å²) in [6.45, 7) is 2.50. The Morgan fingerprint density at radius 1 is 1.32 bits per heavy atom. The molecule has 2 amide bonds. The van der Waals surface area contributed by atoms with Crippen LogP contribution in [0.2, 0.25) is 0 Å². The summed E-state index contributed by atoms with van der Waals surface area (Å²) in [5.74, 6) is 0.255. The maximum absolute atomic E-state index is 13.6. The van der Waals surface area contributed by atoms with Crippen molar-refractivity contribution in [3.05, 3.63) is 47.9 Å². The highest BCUT2D eigenvalue weighted by atomic mass is 19.1. The number of carbonyl (C=O) groups is 2. The molecular formula is C22H25FN4O4. The average Bonchev–Trinajstić information content (AvgIpc) is 2.80. The number of hydrogen-bond acceptors (Lipinski definition) is 6. The highest BCUT2D eigenvalue weighted by Crippen LogP contribution is 2.30. The van der Waals surface area contributed by atoms with Crippen LogP contribution >= 0.6 is 0 Å². The fourth-order valence-corrected chi connectivity index (χ4v) is 3.69. The minimum atomic E-state index is -0.450. The molecule has 0 aliphatic carbocycles. The van der Waals surface area contributed by atoms with Gasteiger partial charge in [0.2, 0.25) is 5.91 Å². The SMILES string of the molecule is O=C(NCCOc1ccccc1F)c1cnc2c(c1)N(CC1CCOCC1)C(=O)CN2. The van der Waals surface area contributed by atoms with Gasteiger partial charge >= 0.3 is 0 Å². The third kappa shape index (κ3) is 5.11. The number of nitrogens with zero attached hydrogens (tertiary/aromatic N) is 2. The van der Waals surface area contributed by atoms with Crippen molar-refractivity contribution in [1.82, 2.24) is 10.3 Å². The second-order valence-corrected chi connectivity index (χ2v) is 7.54. The number of rotatable bonds is 7. The Hall–Kier alpha value is -3.20. The molecule has 1 fully saturated rings. The monoisotopic (exact) mass is 428 g/mol. The fraction of sp³-hybridized carbons (Fsp3) is 0.409. The average molecular weight is 428 g/mol. The smallest absolute Gasteiger partial charge is 0.253 e. The normalized spacial score (nSPS) is 16.4. The third-order valence-corrected chi connectivity index (χ3v) is 5.39. The van der Waals surface area contributed by atoms with Gasteiger partial charge in [0.1, 0.15) is 12.4 Å². The van der Waals surface area contributed by atoms with E-state index in [1.54, 1.807) is 23.1 Å². The maximum atomic E-state index is 13.6. The van der Waals surface area contributed by atoms with Gasteiger partial charge in [-0.1, -0.05) is 12.1 Å². The minimum absolute atomic E-state index is 0.0448. The zero-order chi connectivity index (χ0) is 21.6. The molecule has 9 heteroatoms. The van der Waals surface area contributed by atoms with Crippen molar-refractivity contribution in [1.29, 1.82) is 0 Å². The van der Waals surface area contributed by atoms with Crippen molar-refractivity contribution < 1.29 is 23.5 Å². The van der Waals surface area contributed by atoms with Crippen molar-refractivity contribution in [3.63, 3.8) is 0 Å². The lowest BCUT2D eigenvalue weighted by Crippen LogP contribution is -2.44. The van der Waals surface area contributed by atoms with Gasteiger partial charge in [0.05, 0.1) is 24.3 Å². The standard InChI is InChI=1S/C22H25FN4O4/c23-17-3-1-2-4-19(17)31-10-7-24-22(29)16-11-18-21(25-12-16)26-13-20(28)27(18)14-15-5-8-30-9-6-15/h1-4,11-12,15H,5-10,13-14H2,(H,24,29)(H,25,26). The van der Waals surface area contributed by atoms with Crippen molar-refractivity contribution in [2.45, 2.75) is 12.8 Å². The van der Waals surface area contributed by atoms with E-state index in [4.69, 9.17) is 9.47 Å². The van der Waals surface area contributed by atoms with E-state index in [1.165, 1.54) is 18.3 Å². The second-order valence-electron chi connectivity index (χ2n) is 7.54. The van der Waals surface area contributed by atoms with Gasteiger partial charge in [-0.2, -0.15) is 0 Å². The number of hydrogen-bond donors (Lipinski definition) is 2. The molecule has 0 bridgehead atoms. The van der Waals surface area contributed by atoms with Crippen LogP contribution in [0, 0.1) is 11.7 Å². The maximum Gasteiger partial charge on any atom is 0.253 e. The number of nitrogens with one attached hydrogen (secondary N) is 2. The first kappa shape index (κ1) is 21.0. The lowest BCUT2D eigenvalue weighted by Gasteiger charge is -2.33. The van der Waals surface area contributed by atoms with Crippen molar-refractivity contribution in [2.24, 2.45) is 5.92 Å². The summed E-state index contributed by atoms with van der Waals surface area (Å²) in [6.07, 6.45) is 3.28. The van der Waals surface area contributed by atoms with Gasteiger partial charge in [0.25, 0.3) is 5.91 Å². The Labute approximate surface area is 179 Å². The van der Waals surface area contributed by atoms with Gasteiger partial charge in [-0.05, 0) is 37.0 Å². The van der Waals surface area contributed by atoms with Crippen LogP contribution in [0.15, 0.2) is 36.5 Å². The molecule has 0 saturated carbocycles. The summed E-state index contributed by atoms with van der Waals surface area (Å²) in [5, 5.41) is 5.74. The molecule has 0 radical (unpaired) electrons. The Morgan fingerprint density at radius 3 is 2.94 bits per heavy atom. The fourth-order valence-electron chi connectivity index (χ4n) is 3.69. The van der Waals surface area contributed by atoms with Gasteiger partial charge < -0.3 is 25.0 Å². The Balaban J connectivity index is 1.38. The Bertz CT molecular complexity index is 949. The number of ether oxygens (including phenoxy) is 2. The van der Waals surface area contributed by atoms with Crippen molar-refractivity contribution >= 4 is 23.3 Å². The molecule has 2 N–H and O–H groups in total. The summed E-state index contributed by atoms with van der Waals surface area (Å²) in [5.41, 5.74) is 0.955. The van der Waals surface area contributed by atoms with Crippen LogP contribution in [0.4, 0.5) is 15.9 Å². The molecule has 1 saturated heterocycles. The number of amides is 2. The highest BCUT2D eigenvalue weighted by molar-refractivity contribution is 6.04. The number of benzene rings is 1. The number of carbonyl (C=O) groups excluding carboxylic acids is 2. The third-order valence-electron chi connectivity index (χ3n) is 5.39. The zero-order valence-corrected chi connectivity index (χ0v) is 17.1. The summed E-state index contributed by atoms with van der Waals surface area (Å²) < 4.78 is 24.3. The molecule has 8 nitrogen and oxygen atoms in total. The molecule has 2 aromatic rings. The molecule has 4 rings (SSSR count). The summed E-state index contributed by atoms with van der Waals surface area (Å²) in [6, 6.07) is 7.78. The topological polar surface area (TPSA) is 92.8 Å². The molecular weight excluding hydrogens is 403 g/mol. The van der Waals surface area contributed by atoms with Gasteiger partial charge in [0, 0.05) is 26.0 Å². The van der Waals surface area contributed by atoms with Crippen LogP contribution in [0.5, 0.6) is 5.75 Å². The summed E-state index contributed by atoms with van der Waals surface area (Å²) in [7, 11) is 0. The summed E-state index contributed by atoms with van der Waals surface area (Å²) in [4.78, 5) is 31.2. The lowest BCUT2D eigenvalue weighted by molar-refractivity contribution is -0.117. The van der Waals surface area contributed by atoms with E-state index in [-0.39, 0.29) is 37.3 Å². The van der Waals surface area contributed by atoms with Gasteiger partial charge in [-0.25, -0.2) is 9.37 Å². The molecule has 164 valence electrons. The van der Waals surface area contributed by atoms with Crippen LogP contribution in [0.1, 0.15) is 23.2 Å². The van der Waals surface area contributed by atoms with Crippen molar-refractivity contribution in [2.75, 3.05) is 49.7 Å². The molecule has 0 unspecified atom stereocenters. The van der Waals surface area contributed by atoms with E-state index in [0.29, 0.717) is 42.7 Å². The van der Waals surface area contributed by atoms with E-state index in [9.17, 15) is 14.0 Å². The molecule has 1 aromatic carbocycles. The molecule has 0 atom stereocenters. The molecule has 1 aromatic heterocycles. The Morgan fingerprint density at radius 2 is 2.13 bits per heavy atom. The molecule has 2 aliphatic heterocycles. The first-order valence-corrected chi connectivity index (χ1v) is 10.4. The Kier molecular flexibility index (Phi) is 6.61. The number of anilines is 2. The lowest BCUT2D eigenvalue weighted by atomic mass is 9.99. The van der Waals surface area contributed by atoms with Gasteiger partial charge in [-0.15, -0.1) is 0 Å². The van der Waals surface area contributed by atoms with E-state index in [1.807, 2.05) is 0 Å². The summed E-state index contributed by atoms with van der Waals surface area (Å²) >= 11 is 0. The predicted octanol–water partition coefficient (Wildman–Crippen LogP) is 2.21. The van der Waals surface area contributed by atoms with E-state index < -0.39 is 5.82 Å². The van der Waals surface area contributed by atoms with Gasteiger partial charge in [0.15, 0.2) is 11.6 Å². The van der Waals surface area contributed by atoms with Crippen LogP contribution < -0.4 is 20.3 Å². The molecule has 2 aliphatic rings. The number of aromatic nitrogens is 1. The van der Waals surface area contributed by atoms with Crippen LogP contribution in [-0.4, -0.2) is 56.3 Å². The first-order chi connectivity index (χ1) is 15.1. The van der Waals surface area contributed by atoms with E-state index >= 15 is 0 Å². The number of pyridine rings is 1. The first-order valence-electron chi connectivity index (χ1n) is 10.4. The molecule has 0 spiro atoms. The quantitative estimate of drug-likeness (QED) is 0.657. The molecule has 31 heavy (non-hydrogen) atoms. The van der Waals surface area contributed by atoms with Gasteiger partial charge in [-0.3, -0.25) is 9.59 Å². The molecule has 3 heterocycles. The minimum Gasteiger partial charge on any atom is -0.489 e. The number of para-hydroxylation sites is 1. The van der Waals surface area contributed by atoms with E-state index in [0.717, 1.165) is 12.8 Å². The predicted molar refractivity (Wildman–Crippen MR) is 113 cm³/mol. The number of halogens is 1.